The van der Waals surface area contributed by atoms with E-state index >= 15 is 0 Å². The smallest absolute Gasteiger partial charge is 0.321 e. The number of amides is 3. The van der Waals surface area contributed by atoms with Gasteiger partial charge in [0.2, 0.25) is 0 Å². The molecule has 0 fully saturated rings. The molecule has 174 valence electrons. The summed E-state index contributed by atoms with van der Waals surface area (Å²) >= 11 is 0. The summed E-state index contributed by atoms with van der Waals surface area (Å²) in [5.74, 6) is -1.11. The van der Waals surface area contributed by atoms with Crippen LogP contribution in [0.5, 0.6) is 0 Å². The number of hydrogen-bond donors (Lipinski definition) is 1. The molecule has 0 spiro atoms. The minimum Gasteiger partial charge on any atom is -0.464 e. The van der Waals surface area contributed by atoms with Crippen LogP contribution in [0, 0.1) is 5.92 Å². The van der Waals surface area contributed by atoms with Crippen molar-refractivity contribution in [1.82, 2.24) is 14.8 Å². The van der Waals surface area contributed by atoms with Crippen molar-refractivity contribution >= 4 is 51.7 Å². The lowest BCUT2D eigenvalue weighted by Gasteiger charge is -2.34. The minimum atomic E-state index is -0.519. The van der Waals surface area contributed by atoms with Crippen molar-refractivity contribution in [2.75, 3.05) is 13.1 Å². The van der Waals surface area contributed by atoms with Gasteiger partial charge in [0.05, 0.1) is 36.1 Å². The zero-order valence-electron chi connectivity index (χ0n) is 19.4. The Bertz CT molecular complexity index is 1540. The Hall–Kier alpha value is -4.17. The first kappa shape index (κ1) is 21.4. The fourth-order valence-corrected chi connectivity index (χ4v) is 5.55. The molecular weight excluding hydrogens is 444 g/mol. The minimum absolute atomic E-state index is 0.106. The first-order valence-electron chi connectivity index (χ1n) is 11.6. The monoisotopic (exact) mass is 467 g/mol. The lowest BCUT2D eigenvalue weighted by Crippen LogP contribution is -2.56. The molecule has 1 aromatic carbocycles. The van der Waals surface area contributed by atoms with E-state index in [1.54, 1.807) is 24.7 Å². The number of nitrogens with zero attached hydrogens (tertiary/aromatic N) is 3. The molecule has 8 nitrogen and oxygen atoms in total. The normalized spacial score (nSPS) is 21.3. The third-order valence-corrected chi connectivity index (χ3v) is 7.05. The van der Waals surface area contributed by atoms with Gasteiger partial charge in [0.25, 0.3) is 11.8 Å². The molecular formula is C27H23N4O4+. The van der Waals surface area contributed by atoms with E-state index in [1.165, 1.54) is 12.5 Å². The van der Waals surface area contributed by atoms with Gasteiger partial charge in [-0.15, -0.1) is 0 Å². The molecule has 3 amide bonds. The number of carbonyl (C=O) groups is 3. The van der Waals surface area contributed by atoms with E-state index < -0.39 is 11.8 Å². The maximum Gasteiger partial charge on any atom is 0.321 e. The second kappa shape index (κ2) is 7.68. The average molecular weight is 468 g/mol. The number of pyridine rings is 1. The van der Waals surface area contributed by atoms with Crippen molar-refractivity contribution in [3.05, 3.63) is 71.4 Å². The third kappa shape index (κ3) is 2.99. The van der Waals surface area contributed by atoms with Gasteiger partial charge in [0, 0.05) is 52.7 Å². The lowest BCUT2D eigenvalue weighted by molar-refractivity contribution is -0.132. The fraction of sp³-hybridized carbons (Fsp3) is 0.222. The van der Waals surface area contributed by atoms with Gasteiger partial charge in [-0.05, 0) is 26.0 Å². The summed E-state index contributed by atoms with van der Waals surface area (Å²) in [4.78, 5) is 48.7. The predicted octanol–water partition coefficient (Wildman–Crippen LogP) is 3.41. The largest absolute Gasteiger partial charge is 0.464 e. The van der Waals surface area contributed by atoms with Crippen LogP contribution in [0.25, 0.3) is 22.1 Å². The molecule has 1 atom stereocenters. The molecule has 2 aromatic heterocycles. The van der Waals surface area contributed by atoms with Gasteiger partial charge in [-0.1, -0.05) is 12.1 Å². The second-order valence-electron chi connectivity index (χ2n) is 9.36. The van der Waals surface area contributed by atoms with Gasteiger partial charge in [-0.2, -0.15) is 0 Å². The SMILES string of the molecule is CC(C)C(=O)[N+]12CC=NC=C(C3=C(c4cncc5ccoc45)C(=O)NC3=O)c3cccc(c31)CC2. The van der Waals surface area contributed by atoms with Crippen molar-refractivity contribution in [3.8, 4) is 0 Å². The Morgan fingerprint density at radius 1 is 1.09 bits per heavy atom. The standard InChI is InChI=1S/C27H22N4O4/c1-15(2)27(34)31-9-6-16-4-3-5-18(23(16)31)19(13-28-8-10-31)21-22(26(33)30-25(21)32)20-14-29-12-17-7-11-35-24(17)20/h3-5,7-8,11-15H,6,9-10H2,1-2H3/p+1. The molecule has 1 unspecified atom stereocenters. The van der Waals surface area contributed by atoms with Gasteiger partial charge in [0.15, 0.2) is 5.69 Å². The quantitative estimate of drug-likeness (QED) is 0.470. The number of quaternary nitrogens is 1. The number of benzene rings is 1. The Morgan fingerprint density at radius 2 is 1.91 bits per heavy atom. The number of aromatic nitrogens is 1. The lowest BCUT2D eigenvalue weighted by atomic mass is 9.89. The number of hydrogen-bond acceptors (Lipinski definition) is 6. The van der Waals surface area contributed by atoms with E-state index in [0.717, 1.165) is 28.6 Å². The van der Waals surface area contributed by atoms with E-state index in [4.69, 9.17) is 4.42 Å². The van der Waals surface area contributed by atoms with E-state index in [9.17, 15) is 14.4 Å². The van der Waals surface area contributed by atoms with Gasteiger partial charge in [0.1, 0.15) is 12.1 Å². The van der Waals surface area contributed by atoms with Crippen molar-refractivity contribution in [2.24, 2.45) is 10.9 Å². The number of fused-ring (bicyclic) bond motifs is 1. The highest BCUT2D eigenvalue weighted by molar-refractivity contribution is 6.41. The molecule has 3 aliphatic heterocycles. The number of carbonyl (C=O) groups excluding carboxylic acids is 3. The predicted molar refractivity (Wildman–Crippen MR) is 132 cm³/mol. The molecule has 0 radical (unpaired) electrons. The molecule has 5 heterocycles. The van der Waals surface area contributed by atoms with E-state index in [2.05, 4.69) is 15.3 Å². The van der Waals surface area contributed by atoms with E-state index in [-0.39, 0.29) is 27.5 Å². The summed E-state index contributed by atoms with van der Waals surface area (Å²) in [6.07, 6.45) is 8.79. The maximum atomic E-state index is 13.6. The first-order chi connectivity index (χ1) is 16.9. The van der Waals surface area contributed by atoms with Crippen LogP contribution in [0.1, 0.15) is 30.5 Å². The number of nitrogens with one attached hydrogen (secondary N) is 1. The van der Waals surface area contributed by atoms with Crippen molar-refractivity contribution in [1.29, 1.82) is 0 Å². The average Bonchev–Trinajstić information content (AvgIpc) is 3.53. The molecule has 0 saturated heterocycles. The molecule has 1 N–H and O–H groups in total. The molecule has 35 heavy (non-hydrogen) atoms. The Morgan fingerprint density at radius 3 is 2.74 bits per heavy atom. The van der Waals surface area contributed by atoms with Crippen LogP contribution >= 0.6 is 0 Å². The highest BCUT2D eigenvalue weighted by atomic mass is 16.3. The summed E-state index contributed by atoms with van der Waals surface area (Å²) in [5.41, 5.74) is 4.50. The summed E-state index contributed by atoms with van der Waals surface area (Å²) in [5, 5.41) is 3.17. The topological polar surface area (TPSA) is 102 Å². The van der Waals surface area contributed by atoms with Crippen molar-refractivity contribution in [3.63, 3.8) is 0 Å². The van der Waals surface area contributed by atoms with Gasteiger partial charge < -0.3 is 4.42 Å². The number of rotatable bonds is 3. The molecule has 0 bridgehead atoms. The van der Waals surface area contributed by atoms with Gasteiger partial charge >= 0.3 is 5.91 Å². The number of aliphatic imine (C=N–C) groups is 1. The number of para-hydroxylation sites is 1. The van der Waals surface area contributed by atoms with Gasteiger partial charge in [-0.3, -0.25) is 24.9 Å². The highest BCUT2D eigenvalue weighted by Crippen LogP contribution is 2.46. The molecule has 3 aliphatic rings. The molecule has 0 saturated carbocycles. The molecule has 6 rings (SSSR count). The van der Waals surface area contributed by atoms with Crippen LogP contribution in [0.15, 0.2) is 64.1 Å². The number of imide groups is 1. The third-order valence-electron chi connectivity index (χ3n) is 7.05. The first-order valence-corrected chi connectivity index (χ1v) is 11.6. The highest BCUT2D eigenvalue weighted by Gasteiger charge is 2.49. The van der Waals surface area contributed by atoms with Crippen molar-refractivity contribution < 1.29 is 18.8 Å². The zero-order valence-corrected chi connectivity index (χ0v) is 19.4. The zero-order chi connectivity index (χ0) is 24.3. The van der Waals surface area contributed by atoms with Gasteiger partial charge in [-0.25, -0.2) is 9.28 Å². The van der Waals surface area contributed by atoms with Crippen LogP contribution in [-0.2, 0) is 20.8 Å². The molecule has 0 aliphatic carbocycles. The van der Waals surface area contributed by atoms with Crippen LogP contribution in [-0.4, -0.2) is 42.0 Å². The Labute approximate surface area is 201 Å². The Kier molecular flexibility index (Phi) is 4.69. The summed E-state index contributed by atoms with van der Waals surface area (Å²) in [6, 6.07) is 7.62. The van der Waals surface area contributed by atoms with E-state index in [0.29, 0.717) is 29.8 Å². The van der Waals surface area contributed by atoms with Crippen LogP contribution in [0.3, 0.4) is 0 Å². The fourth-order valence-electron chi connectivity index (χ4n) is 5.55. The van der Waals surface area contributed by atoms with Crippen LogP contribution in [0.2, 0.25) is 0 Å². The maximum absolute atomic E-state index is 13.6. The summed E-state index contributed by atoms with van der Waals surface area (Å²) < 4.78 is 5.80. The summed E-state index contributed by atoms with van der Waals surface area (Å²) in [6.45, 7) is 4.89. The van der Waals surface area contributed by atoms with Crippen molar-refractivity contribution in [2.45, 2.75) is 20.3 Å². The molecule has 8 heteroatoms. The summed E-state index contributed by atoms with van der Waals surface area (Å²) in [7, 11) is 0. The second-order valence-corrected chi connectivity index (χ2v) is 9.36. The van der Waals surface area contributed by atoms with Crippen LogP contribution in [0.4, 0.5) is 5.69 Å². The van der Waals surface area contributed by atoms with Crippen LogP contribution < -0.4 is 9.80 Å². The number of furan rings is 1. The molecule has 3 aromatic rings. The van der Waals surface area contributed by atoms with E-state index in [1.807, 2.05) is 32.0 Å². The Balaban J connectivity index is 1.65.